The molecule has 100 valence electrons. The molecule has 0 spiro atoms. The first-order chi connectivity index (χ1) is 8.18. The smallest absolute Gasteiger partial charge is 1.00 e. The molecular formula is C10H11NaO7S. The molecule has 0 heterocycles. The molecule has 0 radical (unpaired) electrons. The van der Waals surface area contributed by atoms with Crippen LogP contribution in [0.1, 0.15) is 12.6 Å². The zero-order chi connectivity index (χ0) is 13.9. The topological polar surface area (TPSA) is 129 Å². The van der Waals surface area contributed by atoms with Crippen molar-refractivity contribution in [2.75, 3.05) is 0 Å². The van der Waals surface area contributed by atoms with Gasteiger partial charge in [-0.3, -0.25) is 14.1 Å². The van der Waals surface area contributed by atoms with E-state index in [4.69, 9.17) is 14.8 Å². The fourth-order valence-corrected chi connectivity index (χ4v) is 2.03. The van der Waals surface area contributed by atoms with E-state index in [0.29, 0.717) is 0 Å². The van der Waals surface area contributed by atoms with E-state index >= 15 is 0 Å². The second-order valence-electron chi connectivity index (χ2n) is 3.60. The number of benzene rings is 1. The van der Waals surface area contributed by atoms with Crippen molar-refractivity contribution in [3.63, 3.8) is 0 Å². The van der Waals surface area contributed by atoms with E-state index in [2.05, 4.69) is 0 Å². The third kappa shape index (κ3) is 6.17. The van der Waals surface area contributed by atoms with Crippen molar-refractivity contribution >= 4 is 22.1 Å². The van der Waals surface area contributed by atoms with Gasteiger partial charge in [0, 0.05) is 0 Å². The van der Waals surface area contributed by atoms with Gasteiger partial charge in [-0.05, 0) is 23.3 Å². The van der Waals surface area contributed by atoms with Gasteiger partial charge in [0.25, 0.3) is 10.1 Å². The number of hydrogen-bond acceptors (Lipinski definition) is 4. The first-order valence-electron chi connectivity index (χ1n) is 4.72. The van der Waals surface area contributed by atoms with Crippen molar-refractivity contribution in [3.05, 3.63) is 29.3 Å². The van der Waals surface area contributed by atoms with Crippen LogP contribution in [0.4, 0.5) is 0 Å². The minimum absolute atomic E-state index is 0. The van der Waals surface area contributed by atoms with E-state index in [-0.39, 0.29) is 42.1 Å². The molecule has 0 fully saturated rings. The molecule has 3 N–H and O–H groups in total. The third-order valence-electron chi connectivity index (χ3n) is 2.03. The minimum atomic E-state index is -4.51. The summed E-state index contributed by atoms with van der Waals surface area (Å²) in [7, 11) is -4.51. The standard InChI is InChI=1S/C10H10O7S.Na.H/c11-9(12)4-6-1-7(5-10(13)14)3-8(2-6)18(15,16)17;;/h1-3H,4-5H2,(H,11,12)(H,13,14)(H,15,16,17);;/q;+1;-1. The Kier molecular flexibility index (Phi) is 6.67. The van der Waals surface area contributed by atoms with Gasteiger partial charge in [0.15, 0.2) is 0 Å². The quantitative estimate of drug-likeness (QED) is 0.398. The fourth-order valence-electron chi connectivity index (χ4n) is 1.43. The Morgan fingerprint density at radius 3 is 1.63 bits per heavy atom. The minimum Gasteiger partial charge on any atom is -1.00 e. The summed E-state index contributed by atoms with van der Waals surface area (Å²) >= 11 is 0. The molecule has 7 nitrogen and oxygen atoms in total. The van der Waals surface area contributed by atoms with Gasteiger partial charge < -0.3 is 11.6 Å². The predicted octanol–water partition coefficient (Wildman–Crippen LogP) is -2.70. The summed E-state index contributed by atoms with van der Waals surface area (Å²) in [5, 5.41) is 17.2. The van der Waals surface area contributed by atoms with Crippen LogP contribution in [0.15, 0.2) is 23.1 Å². The molecule has 0 aliphatic carbocycles. The van der Waals surface area contributed by atoms with Crippen LogP contribution in [-0.2, 0) is 32.5 Å². The fraction of sp³-hybridized carbons (Fsp3) is 0.200. The summed E-state index contributed by atoms with van der Waals surface area (Å²) in [6, 6.07) is 3.26. The molecule has 0 aliphatic heterocycles. The largest absolute Gasteiger partial charge is 1.00 e. The molecule has 0 bridgehead atoms. The summed E-state index contributed by atoms with van der Waals surface area (Å²) in [4.78, 5) is 20.6. The summed E-state index contributed by atoms with van der Waals surface area (Å²) in [6.45, 7) is 0. The van der Waals surface area contributed by atoms with E-state index in [9.17, 15) is 18.0 Å². The van der Waals surface area contributed by atoms with E-state index < -0.39 is 39.8 Å². The number of hydrogen-bond donors (Lipinski definition) is 3. The van der Waals surface area contributed by atoms with Crippen molar-refractivity contribution in [3.8, 4) is 0 Å². The van der Waals surface area contributed by atoms with Crippen LogP contribution in [0, 0.1) is 0 Å². The van der Waals surface area contributed by atoms with E-state index in [1.165, 1.54) is 6.07 Å². The molecule has 1 aromatic rings. The number of carboxylic acids is 2. The maximum atomic E-state index is 11.0. The molecule has 0 amide bonds. The van der Waals surface area contributed by atoms with E-state index in [1.54, 1.807) is 0 Å². The van der Waals surface area contributed by atoms with Crippen LogP contribution in [0.25, 0.3) is 0 Å². The molecule has 0 saturated heterocycles. The van der Waals surface area contributed by atoms with Crippen LogP contribution in [0.3, 0.4) is 0 Å². The summed E-state index contributed by atoms with van der Waals surface area (Å²) in [5.74, 6) is -2.38. The first-order valence-corrected chi connectivity index (χ1v) is 6.16. The second-order valence-corrected chi connectivity index (χ2v) is 5.02. The summed E-state index contributed by atoms with van der Waals surface area (Å²) in [6.07, 6.45) is -0.925. The summed E-state index contributed by atoms with van der Waals surface area (Å²) < 4.78 is 30.8. The Labute approximate surface area is 132 Å². The third-order valence-corrected chi connectivity index (χ3v) is 2.87. The van der Waals surface area contributed by atoms with Crippen LogP contribution >= 0.6 is 0 Å². The van der Waals surface area contributed by atoms with Crippen molar-refractivity contribution in [2.45, 2.75) is 17.7 Å². The van der Waals surface area contributed by atoms with Gasteiger partial charge in [-0.15, -0.1) is 0 Å². The van der Waals surface area contributed by atoms with Crippen molar-refractivity contribution in [1.29, 1.82) is 0 Å². The molecule has 9 heteroatoms. The monoisotopic (exact) mass is 298 g/mol. The van der Waals surface area contributed by atoms with Crippen molar-refractivity contribution < 1.29 is 63.8 Å². The Morgan fingerprint density at radius 2 is 1.37 bits per heavy atom. The van der Waals surface area contributed by atoms with E-state index in [0.717, 1.165) is 12.1 Å². The Bertz CT molecular complexity index is 565. The van der Waals surface area contributed by atoms with Gasteiger partial charge in [-0.25, -0.2) is 0 Å². The molecule has 0 atom stereocenters. The number of carbonyl (C=O) groups is 2. The van der Waals surface area contributed by atoms with E-state index in [1.807, 2.05) is 0 Å². The van der Waals surface area contributed by atoms with Crippen molar-refractivity contribution in [2.24, 2.45) is 0 Å². The molecule has 0 aliphatic rings. The molecule has 0 unspecified atom stereocenters. The van der Waals surface area contributed by atoms with Gasteiger partial charge in [0.2, 0.25) is 0 Å². The Balaban J connectivity index is 0. The molecule has 1 rings (SSSR count). The maximum Gasteiger partial charge on any atom is 1.00 e. The summed E-state index contributed by atoms with van der Waals surface area (Å²) in [5.41, 5.74) is 0.211. The van der Waals surface area contributed by atoms with Gasteiger partial charge >= 0.3 is 41.5 Å². The van der Waals surface area contributed by atoms with Gasteiger partial charge in [0.05, 0.1) is 17.7 Å². The molecule has 0 aromatic heterocycles. The average molecular weight is 298 g/mol. The van der Waals surface area contributed by atoms with Gasteiger partial charge in [-0.2, -0.15) is 8.42 Å². The van der Waals surface area contributed by atoms with Crippen molar-refractivity contribution in [1.82, 2.24) is 0 Å². The van der Waals surface area contributed by atoms with Crippen LogP contribution in [0.5, 0.6) is 0 Å². The number of carboxylic acid groups (broad SMARTS) is 2. The predicted molar refractivity (Wildman–Crippen MR) is 60.0 cm³/mol. The zero-order valence-corrected chi connectivity index (χ0v) is 12.8. The van der Waals surface area contributed by atoms with Gasteiger partial charge in [0.1, 0.15) is 0 Å². The normalized spacial score (nSPS) is 10.6. The maximum absolute atomic E-state index is 11.0. The first kappa shape index (κ1) is 18.1. The zero-order valence-electron chi connectivity index (χ0n) is 11.0. The van der Waals surface area contributed by atoms with Crippen LogP contribution in [0.2, 0.25) is 0 Å². The second kappa shape index (κ2) is 7.01. The molecular weight excluding hydrogens is 287 g/mol. The molecule has 0 saturated carbocycles. The SMILES string of the molecule is O=C(O)Cc1cc(CC(=O)O)cc(S(=O)(=O)O)c1.[H-].[Na+]. The van der Waals surface area contributed by atoms with Gasteiger partial charge in [-0.1, -0.05) is 6.07 Å². The molecule has 19 heavy (non-hydrogen) atoms. The van der Waals surface area contributed by atoms with Crippen LogP contribution in [-0.4, -0.2) is 35.1 Å². The average Bonchev–Trinajstić information content (AvgIpc) is 2.13. The number of aliphatic carboxylic acids is 2. The Hall–Kier alpha value is -0.930. The number of rotatable bonds is 5. The van der Waals surface area contributed by atoms with Crippen LogP contribution < -0.4 is 29.6 Å². The Morgan fingerprint density at radius 1 is 1.00 bits per heavy atom. The molecule has 1 aromatic carbocycles.